The van der Waals surface area contributed by atoms with Gasteiger partial charge in [0.2, 0.25) is 0 Å². The number of ether oxygens (including phenoxy) is 1. The minimum Gasteiger partial charge on any atom is -0.383 e. The third kappa shape index (κ3) is 1.90. The van der Waals surface area contributed by atoms with Crippen LogP contribution in [0.15, 0.2) is 6.07 Å². The number of nitrogens with one attached hydrogen (secondary N) is 1. The molecule has 0 fully saturated rings. The first-order valence-electron chi connectivity index (χ1n) is 6.13. The Morgan fingerprint density at radius 3 is 2.65 bits per heavy atom. The second-order valence-electron chi connectivity index (χ2n) is 4.58. The summed E-state index contributed by atoms with van der Waals surface area (Å²) in [5.41, 5.74) is 8.93. The molecule has 0 atom stereocenters. The number of aromatic nitrogens is 6. The summed E-state index contributed by atoms with van der Waals surface area (Å²) < 4.78 is 6.72. The highest BCUT2D eigenvalue weighted by atomic mass is 16.5. The molecule has 3 rings (SSSR count). The van der Waals surface area contributed by atoms with Crippen molar-refractivity contribution in [2.45, 2.75) is 20.5 Å². The summed E-state index contributed by atoms with van der Waals surface area (Å²) in [7, 11) is 1.61. The number of anilines is 1. The number of methoxy groups -OCH3 is 1. The molecule has 3 heterocycles. The Morgan fingerprint density at radius 2 is 2.00 bits per heavy atom. The Hall–Kier alpha value is -2.48. The van der Waals surface area contributed by atoms with Gasteiger partial charge in [-0.3, -0.25) is 5.10 Å². The molecule has 0 aromatic carbocycles. The van der Waals surface area contributed by atoms with Gasteiger partial charge in [0.1, 0.15) is 11.5 Å². The van der Waals surface area contributed by atoms with Crippen molar-refractivity contribution in [2.75, 3.05) is 12.8 Å². The Kier molecular flexibility index (Phi) is 2.87. The van der Waals surface area contributed by atoms with Crippen molar-refractivity contribution in [1.82, 2.24) is 29.9 Å². The molecule has 0 saturated carbocycles. The maximum Gasteiger partial charge on any atom is 0.253 e. The number of nitrogens with two attached hydrogens (primary N) is 1. The number of hydrogen-bond donors (Lipinski definition) is 2. The molecule has 0 aliphatic rings. The highest BCUT2D eigenvalue weighted by molar-refractivity contribution is 5.89. The van der Waals surface area contributed by atoms with Crippen LogP contribution in [0, 0.1) is 13.8 Å². The zero-order chi connectivity index (χ0) is 14.3. The molecule has 0 spiro atoms. The van der Waals surface area contributed by atoms with E-state index in [1.807, 2.05) is 19.9 Å². The van der Waals surface area contributed by atoms with Crippen LogP contribution in [0.2, 0.25) is 0 Å². The smallest absolute Gasteiger partial charge is 0.253 e. The van der Waals surface area contributed by atoms with Crippen molar-refractivity contribution in [1.29, 1.82) is 0 Å². The highest BCUT2D eigenvalue weighted by Gasteiger charge is 2.19. The van der Waals surface area contributed by atoms with Crippen LogP contribution in [0.1, 0.15) is 17.1 Å². The van der Waals surface area contributed by atoms with E-state index in [0.717, 1.165) is 16.8 Å². The van der Waals surface area contributed by atoms with Crippen molar-refractivity contribution in [2.24, 2.45) is 0 Å². The van der Waals surface area contributed by atoms with Crippen molar-refractivity contribution in [3.05, 3.63) is 23.1 Å². The average Bonchev–Trinajstić information content (AvgIpc) is 2.91. The first kappa shape index (κ1) is 12.5. The topological polar surface area (TPSA) is 108 Å². The quantitative estimate of drug-likeness (QED) is 0.733. The average molecular weight is 273 g/mol. The van der Waals surface area contributed by atoms with Crippen LogP contribution in [0.5, 0.6) is 0 Å². The van der Waals surface area contributed by atoms with Gasteiger partial charge in [0.05, 0.1) is 12.0 Å². The lowest BCUT2D eigenvalue weighted by molar-refractivity contribution is 0.182. The SMILES string of the molecule is COCc1nn(-c2nc(C)cc(C)n2)c2n[nH]c(N)c12. The number of nitrogens with zero attached hydrogens (tertiary/aromatic N) is 5. The van der Waals surface area contributed by atoms with Crippen LogP contribution in [0.4, 0.5) is 5.82 Å². The van der Waals surface area contributed by atoms with Gasteiger partial charge in [-0.1, -0.05) is 0 Å². The molecule has 20 heavy (non-hydrogen) atoms. The van der Waals surface area contributed by atoms with E-state index in [9.17, 15) is 0 Å². The van der Waals surface area contributed by atoms with E-state index in [-0.39, 0.29) is 0 Å². The molecule has 8 heteroatoms. The first-order chi connectivity index (χ1) is 9.60. The van der Waals surface area contributed by atoms with Crippen LogP contribution in [-0.2, 0) is 11.3 Å². The minimum absolute atomic E-state index is 0.345. The van der Waals surface area contributed by atoms with Gasteiger partial charge >= 0.3 is 0 Å². The fraction of sp³-hybridized carbons (Fsp3) is 0.333. The summed E-state index contributed by atoms with van der Waals surface area (Å²) >= 11 is 0. The van der Waals surface area contributed by atoms with Crippen molar-refractivity contribution >= 4 is 16.9 Å². The van der Waals surface area contributed by atoms with Crippen LogP contribution >= 0.6 is 0 Å². The van der Waals surface area contributed by atoms with Crippen LogP contribution in [-0.4, -0.2) is 37.1 Å². The molecule has 0 aliphatic carbocycles. The summed E-state index contributed by atoms with van der Waals surface area (Å²) in [4.78, 5) is 8.78. The molecule has 0 aliphatic heterocycles. The van der Waals surface area contributed by atoms with E-state index in [1.165, 1.54) is 0 Å². The fourth-order valence-electron chi connectivity index (χ4n) is 2.18. The molecule has 0 radical (unpaired) electrons. The number of aryl methyl sites for hydroxylation is 2. The lowest BCUT2D eigenvalue weighted by Crippen LogP contribution is -2.06. The van der Waals surface area contributed by atoms with E-state index in [2.05, 4.69) is 25.3 Å². The number of aromatic amines is 1. The van der Waals surface area contributed by atoms with Gasteiger partial charge in [-0.05, 0) is 19.9 Å². The molecule has 0 bridgehead atoms. The third-order valence-electron chi connectivity index (χ3n) is 2.93. The van der Waals surface area contributed by atoms with Gasteiger partial charge in [-0.15, -0.1) is 0 Å². The van der Waals surface area contributed by atoms with Crippen LogP contribution in [0.25, 0.3) is 17.0 Å². The summed E-state index contributed by atoms with van der Waals surface area (Å²) in [5, 5.41) is 12.1. The van der Waals surface area contributed by atoms with E-state index in [1.54, 1.807) is 11.8 Å². The molecular weight excluding hydrogens is 258 g/mol. The van der Waals surface area contributed by atoms with Gasteiger partial charge in [-0.25, -0.2) is 9.97 Å². The van der Waals surface area contributed by atoms with Crippen molar-refractivity contribution in [3.63, 3.8) is 0 Å². The zero-order valence-corrected chi connectivity index (χ0v) is 11.5. The van der Waals surface area contributed by atoms with Gasteiger partial charge in [0.25, 0.3) is 5.95 Å². The maximum atomic E-state index is 5.89. The predicted molar refractivity (Wildman–Crippen MR) is 73.4 cm³/mol. The predicted octanol–water partition coefficient (Wildman–Crippen LogP) is 0.884. The van der Waals surface area contributed by atoms with Gasteiger partial charge in [-0.2, -0.15) is 14.9 Å². The van der Waals surface area contributed by atoms with E-state index in [4.69, 9.17) is 10.5 Å². The minimum atomic E-state index is 0.345. The Balaban J connectivity index is 2.25. The molecule has 8 nitrogen and oxygen atoms in total. The Morgan fingerprint density at radius 1 is 1.30 bits per heavy atom. The van der Waals surface area contributed by atoms with Gasteiger partial charge in [0.15, 0.2) is 5.65 Å². The summed E-state index contributed by atoms with van der Waals surface area (Å²) in [6, 6.07) is 1.90. The van der Waals surface area contributed by atoms with Gasteiger partial charge < -0.3 is 10.5 Å². The van der Waals surface area contributed by atoms with Crippen molar-refractivity contribution in [3.8, 4) is 5.95 Å². The summed E-state index contributed by atoms with van der Waals surface area (Å²) in [6.07, 6.45) is 0. The monoisotopic (exact) mass is 273 g/mol. The molecule has 3 N–H and O–H groups in total. The Labute approximate surface area is 115 Å². The standard InChI is InChI=1S/C12H15N7O/c1-6-4-7(2)15-12(14-6)19-11-9(10(13)16-17-11)8(18-19)5-20-3/h4H,5H2,1-3H3,(H3,13,16,17). The Bertz CT molecular complexity index is 753. The second kappa shape index (κ2) is 4.57. The summed E-state index contributed by atoms with van der Waals surface area (Å²) in [6.45, 7) is 4.17. The number of hydrogen-bond acceptors (Lipinski definition) is 6. The number of fused-ring (bicyclic) bond motifs is 1. The van der Waals surface area contributed by atoms with Gasteiger partial charge in [0, 0.05) is 18.5 Å². The zero-order valence-electron chi connectivity index (χ0n) is 11.5. The fourth-order valence-corrected chi connectivity index (χ4v) is 2.18. The number of nitrogen functional groups attached to an aromatic ring is 1. The number of rotatable bonds is 3. The molecule has 0 amide bonds. The lowest BCUT2D eigenvalue weighted by Gasteiger charge is -2.02. The molecule has 3 aromatic heterocycles. The lowest BCUT2D eigenvalue weighted by atomic mass is 10.3. The maximum absolute atomic E-state index is 5.89. The number of H-pyrrole nitrogens is 1. The molecule has 0 unspecified atom stereocenters. The van der Waals surface area contributed by atoms with Crippen LogP contribution in [0.3, 0.4) is 0 Å². The second-order valence-corrected chi connectivity index (χ2v) is 4.58. The normalized spacial score (nSPS) is 11.3. The third-order valence-corrected chi connectivity index (χ3v) is 2.93. The van der Waals surface area contributed by atoms with E-state index >= 15 is 0 Å². The first-order valence-corrected chi connectivity index (χ1v) is 6.13. The highest BCUT2D eigenvalue weighted by Crippen LogP contribution is 2.24. The van der Waals surface area contributed by atoms with Crippen molar-refractivity contribution < 1.29 is 4.74 Å². The molecule has 104 valence electrons. The molecular formula is C12H15N7O. The van der Waals surface area contributed by atoms with Crippen LogP contribution < -0.4 is 5.73 Å². The molecule has 0 saturated heterocycles. The van der Waals surface area contributed by atoms with E-state index < -0.39 is 0 Å². The summed E-state index contributed by atoms with van der Waals surface area (Å²) in [5.74, 6) is 0.934. The molecule has 3 aromatic rings. The van der Waals surface area contributed by atoms with E-state index in [0.29, 0.717) is 29.7 Å². The largest absolute Gasteiger partial charge is 0.383 e.